The first-order chi connectivity index (χ1) is 9.89. The number of rotatable bonds is 3. The van der Waals surface area contributed by atoms with Crippen LogP contribution >= 0.6 is 0 Å². The van der Waals surface area contributed by atoms with E-state index in [0.29, 0.717) is 6.54 Å². The van der Waals surface area contributed by atoms with Gasteiger partial charge in [0.2, 0.25) is 10.0 Å². The normalized spacial score (nSPS) is 27.7. The number of sulfonamides is 1. The fourth-order valence-electron chi connectivity index (χ4n) is 3.83. The first-order valence-electron chi connectivity index (χ1n) is 7.52. The Bertz CT molecular complexity index is 632. The van der Waals surface area contributed by atoms with Crippen LogP contribution in [0.4, 0.5) is 0 Å². The molecule has 2 saturated heterocycles. The van der Waals surface area contributed by atoms with Crippen molar-refractivity contribution in [3.63, 3.8) is 0 Å². The van der Waals surface area contributed by atoms with E-state index < -0.39 is 10.0 Å². The zero-order chi connectivity index (χ0) is 15.1. The van der Waals surface area contributed by atoms with Crippen molar-refractivity contribution in [2.75, 3.05) is 25.9 Å². The minimum Gasteiger partial charge on any atom is -0.296 e. The third-order valence-electron chi connectivity index (χ3n) is 4.68. The average molecular weight is 309 g/mol. The zero-order valence-electron chi connectivity index (χ0n) is 12.7. The molecule has 0 bridgehead atoms. The summed E-state index contributed by atoms with van der Waals surface area (Å²) < 4.78 is 25.7. The van der Waals surface area contributed by atoms with Crippen LogP contribution in [0.2, 0.25) is 0 Å². The van der Waals surface area contributed by atoms with Crippen LogP contribution in [-0.2, 0) is 16.6 Å². The summed E-state index contributed by atoms with van der Waals surface area (Å²) in [5, 5.41) is 0. The first kappa shape index (κ1) is 14.9. The van der Waals surface area contributed by atoms with E-state index in [1.54, 1.807) is 4.31 Å². The lowest BCUT2D eigenvalue weighted by molar-refractivity contribution is 0.224. The Morgan fingerprint density at radius 1 is 1.29 bits per heavy atom. The molecule has 3 rings (SSSR count). The molecule has 1 aromatic heterocycles. The molecule has 0 radical (unpaired) electrons. The van der Waals surface area contributed by atoms with Gasteiger partial charge in [0, 0.05) is 37.4 Å². The lowest BCUT2D eigenvalue weighted by Gasteiger charge is -2.33. The summed E-state index contributed by atoms with van der Waals surface area (Å²) in [6.45, 7) is 5.26. The Morgan fingerprint density at radius 2 is 2.10 bits per heavy atom. The first-order valence-corrected chi connectivity index (χ1v) is 9.37. The molecule has 1 unspecified atom stereocenters. The van der Waals surface area contributed by atoms with Gasteiger partial charge in [-0.05, 0) is 38.3 Å². The maximum atomic E-state index is 12.0. The molecule has 0 saturated carbocycles. The number of pyridine rings is 1. The van der Waals surface area contributed by atoms with Crippen molar-refractivity contribution in [3.05, 3.63) is 29.6 Å². The SMILES string of the molecule is Cc1cccc(CN2CCC3(CCCN3S(C)(=O)=O)C2)n1. The molecule has 6 heteroatoms. The summed E-state index contributed by atoms with van der Waals surface area (Å²) in [4.78, 5) is 6.88. The fourth-order valence-corrected chi connectivity index (χ4v) is 5.24. The Labute approximate surface area is 127 Å². The lowest BCUT2D eigenvalue weighted by Crippen LogP contribution is -2.48. The summed E-state index contributed by atoms with van der Waals surface area (Å²) >= 11 is 0. The topological polar surface area (TPSA) is 53.5 Å². The molecule has 2 aliphatic rings. The second kappa shape index (κ2) is 5.34. The van der Waals surface area contributed by atoms with Crippen molar-refractivity contribution < 1.29 is 8.42 Å². The molecule has 0 aliphatic carbocycles. The quantitative estimate of drug-likeness (QED) is 0.847. The van der Waals surface area contributed by atoms with E-state index in [4.69, 9.17) is 0 Å². The highest BCUT2D eigenvalue weighted by molar-refractivity contribution is 7.88. The van der Waals surface area contributed by atoms with Gasteiger partial charge < -0.3 is 0 Å². The standard InChI is InChI=1S/C15H23N3O2S/c1-13-5-3-6-14(16-13)11-17-10-8-15(12-17)7-4-9-18(15)21(2,19)20/h3,5-6H,4,7-12H2,1-2H3. The van der Waals surface area contributed by atoms with Gasteiger partial charge in [0.05, 0.1) is 11.9 Å². The van der Waals surface area contributed by atoms with Crippen LogP contribution in [0.3, 0.4) is 0 Å². The van der Waals surface area contributed by atoms with Gasteiger partial charge in [0.1, 0.15) is 0 Å². The third kappa shape index (κ3) is 2.98. The largest absolute Gasteiger partial charge is 0.296 e. The molecule has 116 valence electrons. The predicted octanol–water partition coefficient (Wildman–Crippen LogP) is 1.39. The molecular formula is C15H23N3O2S. The number of aryl methyl sites for hydroxylation is 1. The van der Waals surface area contributed by atoms with E-state index in [2.05, 4.69) is 9.88 Å². The summed E-state index contributed by atoms with van der Waals surface area (Å²) in [5.41, 5.74) is 1.92. The Balaban J connectivity index is 1.73. The zero-order valence-corrected chi connectivity index (χ0v) is 13.6. The smallest absolute Gasteiger partial charge is 0.211 e. The van der Waals surface area contributed by atoms with Crippen molar-refractivity contribution in [2.45, 2.75) is 38.3 Å². The van der Waals surface area contributed by atoms with Crippen molar-refractivity contribution in [1.82, 2.24) is 14.2 Å². The molecule has 1 atom stereocenters. The van der Waals surface area contributed by atoms with Gasteiger partial charge >= 0.3 is 0 Å². The Hall–Kier alpha value is -0.980. The average Bonchev–Trinajstić information content (AvgIpc) is 2.97. The molecule has 2 aliphatic heterocycles. The maximum absolute atomic E-state index is 12.0. The van der Waals surface area contributed by atoms with E-state index in [9.17, 15) is 8.42 Å². The van der Waals surface area contributed by atoms with Crippen LogP contribution in [0.15, 0.2) is 18.2 Å². The minimum atomic E-state index is -3.11. The molecule has 0 aromatic carbocycles. The highest BCUT2D eigenvalue weighted by atomic mass is 32.2. The molecule has 2 fully saturated rings. The number of aromatic nitrogens is 1. The van der Waals surface area contributed by atoms with Crippen LogP contribution in [-0.4, -0.2) is 54.0 Å². The Morgan fingerprint density at radius 3 is 2.81 bits per heavy atom. The summed E-state index contributed by atoms with van der Waals surface area (Å²) in [6, 6.07) is 6.07. The van der Waals surface area contributed by atoms with Gasteiger partial charge in [-0.25, -0.2) is 8.42 Å². The second-order valence-electron chi connectivity index (χ2n) is 6.39. The predicted molar refractivity (Wildman–Crippen MR) is 82.4 cm³/mol. The monoisotopic (exact) mass is 309 g/mol. The van der Waals surface area contributed by atoms with Gasteiger partial charge in [0.25, 0.3) is 0 Å². The molecule has 0 N–H and O–H groups in total. The van der Waals surface area contributed by atoms with Crippen LogP contribution in [0, 0.1) is 6.92 Å². The van der Waals surface area contributed by atoms with Crippen molar-refractivity contribution >= 4 is 10.0 Å². The van der Waals surface area contributed by atoms with Gasteiger partial charge in [0.15, 0.2) is 0 Å². The Kier molecular flexibility index (Phi) is 3.80. The van der Waals surface area contributed by atoms with E-state index in [-0.39, 0.29) is 5.54 Å². The van der Waals surface area contributed by atoms with Gasteiger partial charge in [-0.2, -0.15) is 4.31 Å². The molecule has 1 spiro atoms. The van der Waals surface area contributed by atoms with E-state index in [1.165, 1.54) is 6.26 Å². The van der Waals surface area contributed by atoms with Crippen molar-refractivity contribution in [2.24, 2.45) is 0 Å². The summed E-state index contributed by atoms with van der Waals surface area (Å²) in [7, 11) is -3.11. The van der Waals surface area contributed by atoms with Crippen LogP contribution in [0.1, 0.15) is 30.7 Å². The minimum absolute atomic E-state index is 0.169. The third-order valence-corrected chi connectivity index (χ3v) is 6.05. The van der Waals surface area contributed by atoms with E-state index in [1.807, 2.05) is 25.1 Å². The van der Waals surface area contributed by atoms with Gasteiger partial charge in [-0.15, -0.1) is 0 Å². The highest BCUT2D eigenvalue weighted by Gasteiger charge is 2.49. The molecule has 21 heavy (non-hydrogen) atoms. The molecule has 3 heterocycles. The van der Waals surface area contributed by atoms with Gasteiger partial charge in [-0.1, -0.05) is 6.07 Å². The van der Waals surface area contributed by atoms with Crippen molar-refractivity contribution in [1.29, 1.82) is 0 Å². The van der Waals surface area contributed by atoms with E-state index >= 15 is 0 Å². The molecule has 0 amide bonds. The van der Waals surface area contributed by atoms with Crippen LogP contribution < -0.4 is 0 Å². The number of nitrogens with zero attached hydrogens (tertiary/aromatic N) is 3. The van der Waals surface area contributed by atoms with Crippen LogP contribution in [0.5, 0.6) is 0 Å². The summed E-state index contributed by atoms with van der Waals surface area (Å²) in [5.74, 6) is 0. The van der Waals surface area contributed by atoms with Crippen molar-refractivity contribution in [3.8, 4) is 0 Å². The number of likely N-dealkylation sites (tertiary alicyclic amines) is 1. The fraction of sp³-hybridized carbons (Fsp3) is 0.667. The van der Waals surface area contributed by atoms with Gasteiger partial charge in [-0.3, -0.25) is 9.88 Å². The maximum Gasteiger partial charge on any atom is 0.211 e. The highest BCUT2D eigenvalue weighted by Crippen LogP contribution is 2.39. The summed E-state index contributed by atoms with van der Waals surface area (Å²) in [6.07, 6.45) is 4.23. The molecule has 5 nitrogen and oxygen atoms in total. The second-order valence-corrected chi connectivity index (χ2v) is 8.30. The molecule has 1 aromatic rings. The number of hydrogen-bond donors (Lipinski definition) is 0. The molecular weight excluding hydrogens is 286 g/mol. The van der Waals surface area contributed by atoms with E-state index in [0.717, 1.165) is 50.3 Å². The van der Waals surface area contributed by atoms with Crippen LogP contribution in [0.25, 0.3) is 0 Å². The number of hydrogen-bond acceptors (Lipinski definition) is 4. The lowest BCUT2D eigenvalue weighted by atomic mass is 9.97.